The summed E-state index contributed by atoms with van der Waals surface area (Å²) in [5.41, 5.74) is 5.34. The van der Waals surface area contributed by atoms with E-state index in [2.05, 4.69) is 9.71 Å². The van der Waals surface area contributed by atoms with Crippen molar-refractivity contribution in [2.45, 2.75) is 4.90 Å². The van der Waals surface area contributed by atoms with Crippen molar-refractivity contribution >= 4 is 15.9 Å². The van der Waals surface area contributed by atoms with Gasteiger partial charge in [0.15, 0.2) is 5.84 Å². The minimum absolute atomic E-state index is 0.00106. The average molecular weight is 259 g/mol. The first-order chi connectivity index (χ1) is 8.01. The Balaban J connectivity index is 2.75. The fourth-order valence-electron chi connectivity index (χ4n) is 1.61. The Morgan fingerprint density at radius 3 is 2.82 bits per heavy atom. The number of fused-ring (bicyclic) bond motifs is 1. The summed E-state index contributed by atoms with van der Waals surface area (Å²) in [7, 11) is -2.67. The number of halogens is 1. The van der Waals surface area contributed by atoms with Crippen LogP contribution in [0.15, 0.2) is 21.4 Å². The molecule has 0 spiro atoms. The van der Waals surface area contributed by atoms with E-state index in [1.165, 1.54) is 13.2 Å². The molecule has 0 aromatic heterocycles. The number of sulfonamides is 1. The highest BCUT2D eigenvalue weighted by Gasteiger charge is 2.35. The number of nitrogens with one attached hydrogen (secondary N) is 1. The third-order valence-corrected chi connectivity index (χ3v) is 3.61. The zero-order chi connectivity index (χ0) is 12.6. The first-order valence-corrected chi connectivity index (χ1v) is 6.11. The van der Waals surface area contributed by atoms with Crippen LogP contribution in [0.3, 0.4) is 0 Å². The van der Waals surface area contributed by atoms with E-state index in [1.807, 2.05) is 0 Å². The number of hydrogen-bond donors (Lipinski definition) is 2. The van der Waals surface area contributed by atoms with Crippen LogP contribution >= 0.6 is 0 Å². The summed E-state index contributed by atoms with van der Waals surface area (Å²) in [6.07, 6.45) is 0. The van der Waals surface area contributed by atoms with Gasteiger partial charge in [0, 0.05) is 0 Å². The van der Waals surface area contributed by atoms with Gasteiger partial charge in [0.05, 0.1) is 19.3 Å². The van der Waals surface area contributed by atoms with E-state index in [0.717, 1.165) is 6.07 Å². The molecule has 1 aromatic carbocycles. The first kappa shape index (κ1) is 11.8. The largest absolute Gasteiger partial charge is 0.496 e. The summed E-state index contributed by atoms with van der Waals surface area (Å²) in [6, 6.07) is 2.36. The maximum atomic E-state index is 13.5. The molecule has 0 fully saturated rings. The molecule has 0 radical (unpaired) electrons. The molecular weight excluding hydrogens is 249 g/mol. The van der Waals surface area contributed by atoms with Crippen LogP contribution in [-0.2, 0) is 10.0 Å². The van der Waals surface area contributed by atoms with Crippen molar-refractivity contribution in [2.75, 3.05) is 13.8 Å². The van der Waals surface area contributed by atoms with Gasteiger partial charge in [-0.05, 0) is 12.1 Å². The molecular formula is C9H10FN3O3S. The molecule has 0 aliphatic carbocycles. The van der Waals surface area contributed by atoms with E-state index in [9.17, 15) is 12.8 Å². The predicted octanol–water partition coefficient (Wildman–Crippen LogP) is -0.211. The van der Waals surface area contributed by atoms with Crippen LogP contribution in [0, 0.1) is 5.82 Å². The molecule has 8 heteroatoms. The number of nitrogens with two attached hydrogens (primary N) is 1. The number of hydrogen-bond acceptors (Lipinski definition) is 5. The van der Waals surface area contributed by atoms with Crippen molar-refractivity contribution in [3.05, 3.63) is 23.5 Å². The number of methoxy groups -OCH3 is 1. The van der Waals surface area contributed by atoms with Gasteiger partial charge in [-0.2, -0.15) is 8.42 Å². The van der Waals surface area contributed by atoms with Crippen LogP contribution in [-0.4, -0.2) is 28.0 Å². The fourth-order valence-corrected chi connectivity index (χ4v) is 2.87. The summed E-state index contributed by atoms with van der Waals surface area (Å²) in [5.74, 6) is -0.639. The van der Waals surface area contributed by atoms with Crippen molar-refractivity contribution in [3.8, 4) is 5.75 Å². The monoisotopic (exact) mass is 259 g/mol. The van der Waals surface area contributed by atoms with Crippen molar-refractivity contribution in [2.24, 2.45) is 10.1 Å². The Kier molecular flexibility index (Phi) is 2.76. The molecule has 1 heterocycles. The number of amidine groups is 1. The minimum atomic E-state index is -4.03. The van der Waals surface area contributed by atoms with Crippen LogP contribution in [0.2, 0.25) is 0 Å². The van der Waals surface area contributed by atoms with Crippen molar-refractivity contribution < 1.29 is 17.5 Å². The standard InChI is InChI=1S/C9H10FN3O3S/c1-16-6-3-2-5(10)8-7(6)9(12-4-11)13-17(8,14)15/h2-3H,4,11H2,1H3,(H,12,13). The summed E-state index contributed by atoms with van der Waals surface area (Å²) < 4.78 is 45.3. The lowest BCUT2D eigenvalue weighted by molar-refractivity contribution is 0.410. The van der Waals surface area contributed by atoms with Gasteiger partial charge in [-0.15, -0.1) is 4.40 Å². The van der Waals surface area contributed by atoms with Crippen LogP contribution < -0.4 is 15.8 Å². The molecule has 0 unspecified atom stereocenters. The molecule has 0 atom stereocenters. The van der Waals surface area contributed by atoms with E-state index in [-0.39, 0.29) is 23.8 Å². The third kappa shape index (κ3) is 1.75. The maximum Gasteiger partial charge on any atom is 0.288 e. The Morgan fingerprint density at radius 2 is 2.24 bits per heavy atom. The second-order valence-corrected chi connectivity index (χ2v) is 4.79. The number of rotatable bonds is 2. The number of nitrogens with zero attached hydrogens (tertiary/aromatic N) is 1. The van der Waals surface area contributed by atoms with Gasteiger partial charge in [-0.1, -0.05) is 0 Å². The Bertz CT molecular complexity index is 598. The van der Waals surface area contributed by atoms with Crippen LogP contribution in [0.4, 0.5) is 4.39 Å². The molecule has 0 saturated heterocycles. The molecule has 2 rings (SSSR count). The Hall–Kier alpha value is -1.67. The highest BCUT2D eigenvalue weighted by Crippen LogP contribution is 2.34. The van der Waals surface area contributed by atoms with Gasteiger partial charge in [-0.3, -0.25) is 0 Å². The quantitative estimate of drug-likeness (QED) is 0.717. The molecule has 17 heavy (non-hydrogen) atoms. The average Bonchev–Trinajstić information content (AvgIpc) is 2.53. The lowest BCUT2D eigenvalue weighted by atomic mass is 10.1. The topological polar surface area (TPSA) is 93.8 Å². The fraction of sp³-hybridized carbons (Fsp3) is 0.222. The number of benzene rings is 1. The summed E-state index contributed by atoms with van der Waals surface area (Å²) in [4.78, 5) is -0.479. The van der Waals surface area contributed by atoms with Crippen molar-refractivity contribution in [3.63, 3.8) is 0 Å². The van der Waals surface area contributed by atoms with E-state index < -0.39 is 20.7 Å². The number of ether oxygens (including phenoxy) is 1. The zero-order valence-electron chi connectivity index (χ0n) is 8.90. The van der Waals surface area contributed by atoms with Crippen molar-refractivity contribution in [1.82, 2.24) is 5.32 Å². The maximum absolute atomic E-state index is 13.5. The molecule has 1 aromatic rings. The predicted molar refractivity (Wildman–Crippen MR) is 58.9 cm³/mol. The highest BCUT2D eigenvalue weighted by atomic mass is 32.2. The minimum Gasteiger partial charge on any atom is -0.496 e. The molecule has 0 amide bonds. The van der Waals surface area contributed by atoms with Gasteiger partial charge in [0.2, 0.25) is 0 Å². The summed E-state index contributed by atoms with van der Waals surface area (Å²) in [5, 5.41) is 2.56. The first-order valence-electron chi connectivity index (χ1n) is 4.67. The Labute approximate surface area is 97.3 Å². The molecule has 92 valence electrons. The van der Waals surface area contributed by atoms with Gasteiger partial charge < -0.3 is 15.8 Å². The lowest BCUT2D eigenvalue weighted by Gasteiger charge is -2.09. The van der Waals surface area contributed by atoms with Gasteiger partial charge >= 0.3 is 0 Å². The molecule has 6 nitrogen and oxygen atoms in total. The molecule has 1 aliphatic rings. The third-order valence-electron chi connectivity index (χ3n) is 2.27. The van der Waals surface area contributed by atoms with Gasteiger partial charge in [0.1, 0.15) is 16.5 Å². The SMILES string of the molecule is COc1ccc(F)c2c1C(NCN)=NS2(=O)=O. The molecule has 3 N–H and O–H groups in total. The zero-order valence-corrected chi connectivity index (χ0v) is 9.71. The van der Waals surface area contributed by atoms with E-state index in [4.69, 9.17) is 10.5 Å². The van der Waals surface area contributed by atoms with Crippen LogP contribution in [0.5, 0.6) is 5.75 Å². The van der Waals surface area contributed by atoms with Gasteiger partial charge in [-0.25, -0.2) is 4.39 Å². The molecule has 0 saturated carbocycles. The normalized spacial score (nSPS) is 16.3. The Morgan fingerprint density at radius 1 is 1.53 bits per heavy atom. The van der Waals surface area contributed by atoms with E-state index >= 15 is 0 Å². The lowest BCUT2D eigenvalue weighted by Crippen LogP contribution is -2.29. The van der Waals surface area contributed by atoms with Gasteiger partial charge in [0.25, 0.3) is 10.0 Å². The molecule has 1 aliphatic heterocycles. The summed E-state index contributed by atoms with van der Waals surface area (Å²) in [6.45, 7) is -0.0204. The molecule has 0 bridgehead atoms. The van der Waals surface area contributed by atoms with Crippen molar-refractivity contribution in [1.29, 1.82) is 0 Å². The van der Waals surface area contributed by atoms with Crippen LogP contribution in [0.1, 0.15) is 5.56 Å². The van der Waals surface area contributed by atoms with E-state index in [0.29, 0.717) is 0 Å². The highest BCUT2D eigenvalue weighted by molar-refractivity contribution is 7.90. The second kappa shape index (κ2) is 3.97. The second-order valence-electron chi connectivity index (χ2n) is 3.25. The van der Waals surface area contributed by atoms with Crippen LogP contribution in [0.25, 0.3) is 0 Å². The smallest absolute Gasteiger partial charge is 0.288 e. The summed E-state index contributed by atoms with van der Waals surface area (Å²) >= 11 is 0. The van der Waals surface area contributed by atoms with E-state index in [1.54, 1.807) is 0 Å².